The van der Waals surface area contributed by atoms with E-state index in [1.807, 2.05) is 19.9 Å². The number of rotatable bonds is 5. The number of hydrogen-bond donors (Lipinski definition) is 0. The monoisotopic (exact) mass is 154 g/mol. The minimum absolute atomic E-state index is 0.570. The van der Waals surface area contributed by atoms with Gasteiger partial charge >= 0.3 is 0 Å². The molecule has 62 valence electrons. The van der Waals surface area contributed by atoms with Crippen molar-refractivity contribution < 1.29 is 6.17 Å². The van der Waals surface area contributed by atoms with Crippen molar-refractivity contribution in [3.8, 4) is 0 Å². The number of hydrogen-bond acceptors (Lipinski definition) is 1. The highest BCUT2D eigenvalue weighted by atomic mass is 16.1. The molecule has 1 heteroatoms. The first kappa shape index (κ1) is 8.25. The van der Waals surface area contributed by atoms with Gasteiger partial charge in [-0.25, -0.2) is 0 Å². The van der Waals surface area contributed by atoms with Crippen LogP contribution in [0.25, 0.3) is 0 Å². The van der Waals surface area contributed by atoms with Gasteiger partial charge in [0.15, 0.2) is 0 Å². The fourth-order valence-electron chi connectivity index (χ4n) is 0.628. The van der Waals surface area contributed by atoms with E-state index in [2.05, 4.69) is 0 Å². The van der Waals surface area contributed by atoms with E-state index in [9.17, 15) is 4.79 Å². The van der Waals surface area contributed by atoms with Crippen LogP contribution in [0.15, 0.2) is 23.8 Å². The van der Waals surface area contributed by atoms with Crippen LogP contribution in [0.2, 0.25) is 0 Å². The number of aldehydes is 1. The van der Waals surface area contributed by atoms with Crippen LogP contribution in [-0.2, 0) is 4.79 Å². The lowest BCUT2D eigenvalue weighted by Gasteiger charge is -1.86. The minimum Gasteiger partial charge on any atom is -0.303 e. The average Bonchev–Trinajstić information content (AvgIpc) is 2.03. The normalized spacial score (nSPS) is 11.3. The van der Waals surface area contributed by atoms with Crippen molar-refractivity contribution in [2.45, 2.75) is 33.1 Å². The Morgan fingerprint density at radius 1 is 1.45 bits per heavy atom. The van der Waals surface area contributed by atoms with Crippen molar-refractivity contribution in [3.63, 3.8) is 0 Å². The van der Waals surface area contributed by atoms with Gasteiger partial charge in [0.1, 0.15) is 6.29 Å². The van der Waals surface area contributed by atoms with E-state index in [1.165, 1.54) is 0 Å². The second-order valence-corrected chi connectivity index (χ2v) is 2.64. The molecule has 0 aromatic rings. The van der Waals surface area contributed by atoms with Crippen molar-refractivity contribution in [1.29, 1.82) is 0 Å². The second-order valence-electron chi connectivity index (χ2n) is 2.64. The highest BCUT2D eigenvalue weighted by Crippen LogP contribution is 1.95. The molecule has 0 spiro atoms. The van der Waals surface area contributed by atoms with Gasteiger partial charge in [-0.15, -0.1) is 0 Å². The summed E-state index contributed by atoms with van der Waals surface area (Å²) in [7, 11) is 0. The van der Waals surface area contributed by atoms with E-state index in [-0.39, 0.29) is 0 Å². The van der Waals surface area contributed by atoms with E-state index in [4.69, 9.17) is 1.37 Å². The summed E-state index contributed by atoms with van der Waals surface area (Å²) in [6.07, 6.45) is 7.05. The van der Waals surface area contributed by atoms with Crippen molar-refractivity contribution in [3.05, 3.63) is 23.8 Å². The van der Waals surface area contributed by atoms with Gasteiger partial charge in [0.2, 0.25) is 0 Å². The van der Waals surface area contributed by atoms with Crippen LogP contribution in [0.5, 0.6) is 0 Å². The summed E-state index contributed by atoms with van der Waals surface area (Å²) in [5.41, 5.74) is 1.02. The van der Waals surface area contributed by atoms with Crippen LogP contribution in [0, 0.1) is 0 Å². The summed E-state index contributed by atoms with van der Waals surface area (Å²) in [6, 6.07) is 0.570. The zero-order chi connectivity index (χ0) is 9.40. The molecule has 0 amide bonds. The summed E-state index contributed by atoms with van der Waals surface area (Å²) >= 11 is 0. The fraction of sp³-hybridized carbons (Fsp3) is 0.500. The molecular formula is C10H16O. The third-order valence-electron chi connectivity index (χ3n) is 1.18. The van der Waals surface area contributed by atoms with Gasteiger partial charge < -0.3 is 4.79 Å². The Bertz CT molecular complexity index is 188. The Morgan fingerprint density at radius 3 is 2.73 bits per heavy atom. The van der Waals surface area contributed by atoms with Crippen LogP contribution in [0.1, 0.15) is 34.5 Å². The van der Waals surface area contributed by atoms with Gasteiger partial charge in [0.05, 0.1) is 1.37 Å². The smallest absolute Gasteiger partial charge is 0.120 e. The summed E-state index contributed by atoms with van der Waals surface area (Å²) in [5, 5.41) is 0. The van der Waals surface area contributed by atoms with Gasteiger partial charge in [-0.1, -0.05) is 23.8 Å². The zero-order valence-electron chi connectivity index (χ0n) is 8.26. The molecule has 0 rings (SSSR count). The average molecular weight is 154 g/mol. The topological polar surface area (TPSA) is 17.1 Å². The highest BCUT2D eigenvalue weighted by molar-refractivity contribution is 5.49. The first-order valence-corrected chi connectivity index (χ1v) is 3.92. The molecule has 0 heterocycles. The van der Waals surface area contributed by atoms with E-state index < -0.39 is 0 Å². The van der Waals surface area contributed by atoms with E-state index in [1.54, 1.807) is 6.08 Å². The maximum absolute atomic E-state index is 9.94. The molecule has 1 nitrogen and oxygen atoms in total. The third kappa shape index (κ3) is 9.15. The van der Waals surface area contributed by atoms with Gasteiger partial charge in [-0.3, -0.25) is 0 Å². The fourth-order valence-corrected chi connectivity index (χ4v) is 0.628. The minimum atomic E-state index is 0.570. The highest BCUT2D eigenvalue weighted by Gasteiger charge is 1.79. The quantitative estimate of drug-likeness (QED) is 0.338. The predicted molar refractivity (Wildman–Crippen MR) is 48.5 cm³/mol. The van der Waals surface area contributed by atoms with Crippen LogP contribution in [0.4, 0.5) is 0 Å². The Hall–Kier alpha value is -0.850. The summed E-state index contributed by atoms with van der Waals surface area (Å²) < 4.78 is 7.43. The molecule has 0 saturated heterocycles. The molecule has 0 aliphatic carbocycles. The van der Waals surface area contributed by atoms with Crippen LogP contribution >= 0.6 is 0 Å². The molecule has 0 aromatic carbocycles. The van der Waals surface area contributed by atoms with E-state index in [0.29, 0.717) is 12.5 Å². The molecule has 0 aromatic heterocycles. The van der Waals surface area contributed by atoms with Gasteiger partial charge in [0, 0.05) is 6.42 Å². The zero-order valence-corrected chi connectivity index (χ0v) is 7.26. The molecule has 0 aliphatic rings. The molecular weight excluding hydrogens is 136 g/mol. The first-order chi connectivity index (χ1) is 5.68. The van der Waals surface area contributed by atoms with Gasteiger partial charge in [-0.05, 0) is 26.7 Å². The van der Waals surface area contributed by atoms with E-state index in [0.717, 1.165) is 24.7 Å². The lowest BCUT2D eigenvalue weighted by atomic mass is 10.2. The largest absolute Gasteiger partial charge is 0.303 e. The predicted octanol–water partition coefficient (Wildman–Crippen LogP) is 2.88. The molecule has 0 aliphatic heterocycles. The van der Waals surface area contributed by atoms with Crippen molar-refractivity contribution in [2.75, 3.05) is 0 Å². The van der Waals surface area contributed by atoms with Crippen molar-refractivity contribution >= 4 is 6.29 Å². The SMILES string of the molecule is [3H]C(C=CCCCC=O)=C(C)C. The maximum atomic E-state index is 9.94. The van der Waals surface area contributed by atoms with E-state index >= 15 is 0 Å². The molecule has 0 atom stereocenters. The molecule has 0 N–H and O–H groups in total. The summed E-state index contributed by atoms with van der Waals surface area (Å²) in [6.45, 7) is 3.83. The molecule has 0 fully saturated rings. The van der Waals surface area contributed by atoms with Crippen molar-refractivity contribution in [2.24, 2.45) is 0 Å². The van der Waals surface area contributed by atoms with Crippen LogP contribution in [0.3, 0.4) is 0 Å². The van der Waals surface area contributed by atoms with Gasteiger partial charge in [0.25, 0.3) is 0 Å². The Morgan fingerprint density at radius 2 is 2.18 bits per heavy atom. The Labute approximate surface area is 70.2 Å². The number of carbonyl (C=O) groups is 1. The Kier molecular flexibility index (Phi) is 5.44. The lowest BCUT2D eigenvalue weighted by Crippen LogP contribution is -1.73. The molecule has 0 unspecified atom stereocenters. The number of carbonyl (C=O) groups excluding carboxylic acids is 1. The lowest BCUT2D eigenvalue weighted by molar-refractivity contribution is -0.107. The Balaban J connectivity index is 3.62. The molecule has 0 bridgehead atoms. The summed E-state index contributed by atoms with van der Waals surface area (Å²) in [5.74, 6) is 0. The first-order valence-electron chi connectivity index (χ1n) is 4.42. The van der Waals surface area contributed by atoms with Crippen LogP contribution < -0.4 is 0 Å². The third-order valence-corrected chi connectivity index (χ3v) is 1.18. The number of unbranched alkanes of at least 4 members (excludes halogenated alkanes) is 2. The van der Waals surface area contributed by atoms with Crippen LogP contribution in [-0.4, -0.2) is 6.29 Å². The standard InChI is InChI=1S/C10H16O/c1-10(2)8-6-4-3-5-7-9-11/h4,6,8-9H,3,5,7H2,1-2H3/i8T. The van der Waals surface area contributed by atoms with Crippen molar-refractivity contribution in [1.82, 2.24) is 0 Å². The molecule has 11 heavy (non-hydrogen) atoms. The molecule has 0 radical (unpaired) electrons. The summed E-state index contributed by atoms with van der Waals surface area (Å²) in [4.78, 5) is 9.94. The number of allylic oxidation sites excluding steroid dienone is 4. The maximum Gasteiger partial charge on any atom is 0.120 e. The van der Waals surface area contributed by atoms with Gasteiger partial charge in [-0.2, -0.15) is 0 Å². The molecule has 0 saturated carbocycles. The second kappa shape index (κ2) is 7.26.